The van der Waals surface area contributed by atoms with E-state index in [9.17, 15) is 0 Å². The molecule has 0 heterocycles. The average molecular weight is 128 g/mol. The molecule has 0 spiro atoms. The summed E-state index contributed by atoms with van der Waals surface area (Å²) in [6.07, 6.45) is 1.88. The van der Waals surface area contributed by atoms with Gasteiger partial charge in [-0.1, -0.05) is 41.8 Å². The summed E-state index contributed by atoms with van der Waals surface area (Å²) >= 11 is 0. The summed E-state index contributed by atoms with van der Waals surface area (Å²) in [6.45, 7) is 3.71. The van der Waals surface area contributed by atoms with Gasteiger partial charge in [0.2, 0.25) is 0 Å². The minimum atomic E-state index is 1.21. The van der Waals surface area contributed by atoms with Crippen LogP contribution in [0.25, 0.3) is 6.08 Å². The van der Waals surface area contributed by atoms with Gasteiger partial charge in [0.05, 0.1) is 0 Å². The lowest BCUT2D eigenvalue weighted by Gasteiger charge is -1.98. The lowest BCUT2D eigenvalue weighted by molar-refractivity contribution is 1.77. The van der Waals surface area contributed by atoms with Gasteiger partial charge in [-0.25, -0.2) is 0 Å². The standard InChI is InChI=1S/C8H10B2/c1-2-6-3-7(9)5-8(10)4-6/h2-5H,1,9-10H2. The second-order valence-corrected chi connectivity index (χ2v) is 2.63. The largest absolute Gasteiger partial charge is 0.139 e. The van der Waals surface area contributed by atoms with Crippen molar-refractivity contribution >= 4 is 32.7 Å². The van der Waals surface area contributed by atoms with E-state index in [1.807, 2.05) is 6.08 Å². The Balaban J connectivity index is 3.18. The molecular formula is C8H10B2. The highest BCUT2D eigenvalue weighted by Gasteiger charge is 1.89. The highest BCUT2D eigenvalue weighted by molar-refractivity contribution is 6.38. The lowest BCUT2D eigenvalue weighted by Crippen LogP contribution is -2.13. The minimum absolute atomic E-state index is 1.21. The van der Waals surface area contributed by atoms with Gasteiger partial charge in [-0.3, -0.25) is 0 Å². The molecule has 1 aromatic rings. The van der Waals surface area contributed by atoms with E-state index in [2.05, 4.69) is 40.5 Å². The highest BCUT2D eigenvalue weighted by atomic mass is 13.9. The minimum Gasteiger partial charge on any atom is -0.0985 e. The van der Waals surface area contributed by atoms with Crippen molar-refractivity contribution in [1.29, 1.82) is 0 Å². The molecule has 0 aliphatic heterocycles. The van der Waals surface area contributed by atoms with Crippen LogP contribution in [0.15, 0.2) is 24.8 Å². The van der Waals surface area contributed by atoms with Gasteiger partial charge in [-0.15, -0.1) is 0 Å². The molecule has 0 amide bonds. The first-order valence-electron chi connectivity index (χ1n) is 3.43. The molecule has 48 valence electrons. The summed E-state index contributed by atoms with van der Waals surface area (Å²) in [6, 6.07) is 6.41. The molecule has 0 bridgehead atoms. The summed E-state index contributed by atoms with van der Waals surface area (Å²) < 4.78 is 0. The Hall–Kier alpha value is -0.910. The summed E-state index contributed by atoms with van der Waals surface area (Å²) in [7, 11) is 4.19. The summed E-state index contributed by atoms with van der Waals surface area (Å²) in [4.78, 5) is 0. The number of hydrogen-bond acceptors (Lipinski definition) is 0. The SMILES string of the molecule is Bc1cc(B)cc(C=C)c1. The first kappa shape index (κ1) is 7.20. The maximum atomic E-state index is 3.71. The summed E-state index contributed by atoms with van der Waals surface area (Å²) in [5, 5.41) is 0. The molecule has 0 saturated heterocycles. The van der Waals surface area contributed by atoms with E-state index in [0.717, 1.165) is 0 Å². The fourth-order valence-electron chi connectivity index (χ4n) is 1.13. The van der Waals surface area contributed by atoms with Gasteiger partial charge in [0.1, 0.15) is 15.7 Å². The molecule has 0 aromatic heterocycles. The van der Waals surface area contributed by atoms with E-state index in [-0.39, 0.29) is 0 Å². The maximum absolute atomic E-state index is 3.71. The molecule has 0 radical (unpaired) electrons. The van der Waals surface area contributed by atoms with Crippen LogP contribution in [-0.4, -0.2) is 15.7 Å². The molecular weight excluding hydrogens is 118 g/mol. The van der Waals surface area contributed by atoms with Crippen LogP contribution >= 0.6 is 0 Å². The quantitative estimate of drug-likeness (QED) is 0.418. The normalized spacial score (nSPS) is 9.20. The third-order valence-electron chi connectivity index (χ3n) is 1.48. The predicted molar refractivity (Wildman–Crippen MR) is 52.9 cm³/mol. The Kier molecular flexibility index (Phi) is 2.00. The van der Waals surface area contributed by atoms with Crippen molar-refractivity contribution in [3.05, 3.63) is 30.3 Å². The van der Waals surface area contributed by atoms with Crippen molar-refractivity contribution in [1.82, 2.24) is 0 Å². The van der Waals surface area contributed by atoms with Crippen LogP contribution in [0.5, 0.6) is 0 Å². The number of benzene rings is 1. The van der Waals surface area contributed by atoms with Crippen molar-refractivity contribution < 1.29 is 0 Å². The monoisotopic (exact) mass is 128 g/mol. The van der Waals surface area contributed by atoms with Crippen molar-refractivity contribution in [2.75, 3.05) is 0 Å². The van der Waals surface area contributed by atoms with E-state index in [1.54, 1.807) is 0 Å². The van der Waals surface area contributed by atoms with Crippen molar-refractivity contribution in [3.8, 4) is 0 Å². The van der Waals surface area contributed by atoms with Crippen LogP contribution < -0.4 is 10.9 Å². The highest BCUT2D eigenvalue weighted by Crippen LogP contribution is 1.93. The molecule has 0 nitrogen and oxygen atoms in total. The van der Waals surface area contributed by atoms with E-state index >= 15 is 0 Å². The van der Waals surface area contributed by atoms with Crippen LogP contribution in [-0.2, 0) is 0 Å². The van der Waals surface area contributed by atoms with Crippen LogP contribution in [0.1, 0.15) is 5.56 Å². The molecule has 0 aliphatic rings. The number of rotatable bonds is 1. The number of hydrogen-bond donors (Lipinski definition) is 0. The Bertz CT molecular complexity index is 233. The van der Waals surface area contributed by atoms with Crippen LogP contribution in [0.4, 0.5) is 0 Å². The van der Waals surface area contributed by atoms with E-state index < -0.39 is 0 Å². The molecule has 2 heteroatoms. The third kappa shape index (κ3) is 1.53. The smallest absolute Gasteiger partial charge is 0.0985 e. The van der Waals surface area contributed by atoms with Crippen LogP contribution in [0.2, 0.25) is 0 Å². The van der Waals surface area contributed by atoms with Crippen molar-refractivity contribution in [2.24, 2.45) is 0 Å². The van der Waals surface area contributed by atoms with Gasteiger partial charge in [-0.2, -0.15) is 0 Å². The van der Waals surface area contributed by atoms with Gasteiger partial charge in [0, 0.05) is 0 Å². The molecule has 0 unspecified atom stereocenters. The topological polar surface area (TPSA) is 0 Å². The molecule has 1 rings (SSSR count). The van der Waals surface area contributed by atoms with E-state index in [1.165, 1.54) is 16.5 Å². The Labute approximate surface area is 63.8 Å². The molecule has 1 aromatic carbocycles. The Morgan fingerprint density at radius 1 is 1.10 bits per heavy atom. The van der Waals surface area contributed by atoms with Crippen LogP contribution in [0, 0.1) is 0 Å². The van der Waals surface area contributed by atoms with E-state index in [0.29, 0.717) is 0 Å². The zero-order valence-electron chi connectivity index (χ0n) is 6.52. The Morgan fingerprint density at radius 2 is 1.60 bits per heavy atom. The molecule has 0 atom stereocenters. The Morgan fingerprint density at radius 3 is 2.00 bits per heavy atom. The molecule has 0 N–H and O–H groups in total. The first-order chi connectivity index (χ1) is 4.72. The second-order valence-electron chi connectivity index (χ2n) is 2.63. The fourth-order valence-corrected chi connectivity index (χ4v) is 1.13. The third-order valence-corrected chi connectivity index (χ3v) is 1.48. The van der Waals surface area contributed by atoms with Gasteiger partial charge >= 0.3 is 0 Å². The van der Waals surface area contributed by atoms with Crippen molar-refractivity contribution in [3.63, 3.8) is 0 Å². The molecule has 0 saturated carbocycles. The maximum Gasteiger partial charge on any atom is 0.139 e. The second kappa shape index (κ2) is 2.78. The summed E-state index contributed by atoms with van der Waals surface area (Å²) in [5.74, 6) is 0. The zero-order chi connectivity index (χ0) is 7.56. The average Bonchev–Trinajstić information content (AvgIpc) is 1.85. The van der Waals surface area contributed by atoms with Gasteiger partial charge in [-0.05, 0) is 5.56 Å². The molecule has 0 fully saturated rings. The molecule has 0 aliphatic carbocycles. The van der Waals surface area contributed by atoms with Crippen molar-refractivity contribution in [2.45, 2.75) is 0 Å². The summed E-state index contributed by atoms with van der Waals surface area (Å²) in [5.41, 5.74) is 3.81. The van der Waals surface area contributed by atoms with Gasteiger partial charge in [0.15, 0.2) is 0 Å². The predicted octanol–water partition coefficient (Wildman–Crippen LogP) is -1.15. The fraction of sp³-hybridized carbons (Fsp3) is 0. The van der Waals surface area contributed by atoms with Crippen LogP contribution in [0.3, 0.4) is 0 Å². The van der Waals surface area contributed by atoms with Gasteiger partial charge < -0.3 is 0 Å². The zero-order valence-corrected chi connectivity index (χ0v) is 6.52. The van der Waals surface area contributed by atoms with E-state index in [4.69, 9.17) is 0 Å². The lowest BCUT2D eigenvalue weighted by atomic mass is 9.85. The first-order valence-corrected chi connectivity index (χ1v) is 3.43. The molecule has 10 heavy (non-hydrogen) atoms. The van der Waals surface area contributed by atoms with Gasteiger partial charge in [0.25, 0.3) is 0 Å².